The van der Waals surface area contributed by atoms with Gasteiger partial charge in [-0.1, -0.05) is 35.6 Å². The first-order valence-corrected chi connectivity index (χ1v) is 9.80. The standard InChI is InChI=1S/C18H18Cl2N4S/c19-9-11-24(12-10-20)15-7-5-14(6-8-15)13-21-23-18-22-16-3-1-2-4-17(16)25-18/h1-8,13H,9-12H2,(H,22,23)/b21-13+. The Morgan fingerprint density at radius 1 is 1.04 bits per heavy atom. The molecule has 2 aromatic carbocycles. The van der Waals surface area contributed by atoms with E-state index >= 15 is 0 Å². The van der Waals surface area contributed by atoms with Gasteiger partial charge < -0.3 is 4.90 Å². The average Bonchev–Trinajstić information content (AvgIpc) is 3.05. The van der Waals surface area contributed by atoms with Crippen LogP contribution in [-0.2, 0) is 0 Å². The van der Waals surface area contributed by atoms with E-state index in [-0.39, 0.29) is 0 Å². The third kappa shape index (κ3) is 4.84. The number of benzene rings is 2. The average molecular weight is 393 g/mol. The summed E-state index contributed by atoms with van der Waals surface area (Å²) in [6.07, 6.45) is 1.78. The number of hydrogen-bond acceptors (Lipinski definition) is 5. The van der Waals surface area contributed by atoms with E-state index in [1.807, 2.05) is 36.4 Å². The highest BCUT2D eigenvalue weighted by molar-refractivity contribution is 7.22. The molecule has 1 N–H and O–H groups in total. The lowest BCUT2D eigenvalue weighted by molar-refractivity contribution is 0.874. The molecule has 0 aliphatic carbocycles. The number of thiazole rings is 1. The van der Waals surface area contributed by atoms with Gasteiger partial charge >= 0.3 is 0 Å². The summed E-state index contributed by atoms with van der Waals surface area (Å²) in [5, 5.41) is 5.05. The highest BCUT2D eigenvalue weighted by atomic mass is 35.5. The molecule has 0 aliphatic rings. The van der Waals surface area contributed by atoms with E-state index in [4.69, 9.17) is 23.2 Å². The van der Waals surface area contributed by atoms with Gasteiger partial charge in [0, 0.05) is 30.5 Å². The van der Waals surface area contributed by atoms with Crippen LogP contribution in [0.1, 0.15) is 5.56 Å². The third-order valence-corrected chi connectivity index (χ3v) is 4.91. The van der Waals surface area contributed by atoms with Gasteiger partial charge in [0.2, 0.25) is 5.13 Å². The van der Waals surface area contributed by atoms with Crippen molar-refractivity contribution in [2.24, 2.45) is 5.10 Å². The molecule has 0 fully saturated rings. The molecule has 3 rings (SSSR count). The van der Waals surface area contributed by atoms with E-state index in [1.165, 1.54) is 0 Å². The van der Waals surface area contributed by atoms with Crippen LogP contribution in [0.25, 0.3) is 10.2 Å². The maximum Gasteiger partial charge on any atom is 0.204 e. The van der Waals surface area contributed by atoms with Crippen molar-refractivity contribution in [1.29, 1.82) is 0 Å². The molecule has 7 heteroatoms. The summed E-state index contributed by atoms with van der Waals surface area (Å²) in [6, 6.07) is 16.2. The zero-order chi connectivity index (χ0) is 17.5. The van der Waals surface area contributed by atoms with Crippen LogP contribution < -0.4 is 10.3 Å². The zero-order valence-corrected chi connectivity index (χ0v) is 15.9. The normalized spacial score (nSPS) is 11.3. The summed E-state index contributed by atoms with van der Waals surface area (Å²) < 4.78 is 1.14. The summed E-state index contributed by atoms with van der Waals surface area (Å²) in [7, 11) is 0. The van der Waals surface area contributed by atoms with Gasteiger partial charge in [-0.05, 0) is 29.8 Å². The molecule has 0 atom stereocenters. The van der Waals surface area contributed by atoms with Gasteiger partial charge in [0.05, 0.1) is 16.4 Å². The predicted molar refractivity (Wildman–Crippen MR) is 111 cm³/mol. The second-order valence-electron chi connectivity index (χ2n) is 5.31. The number of alkyl halides is 2. The molecule has 3 aromatic rings. The number of para-hydroxylation sites is 1. The molecule has 1 heterocycles. The molecule has 25 heavy (non-hydrogen) atoms. The fraction of sp³-hybridized carbons (Fsp3) is 0.222. The molecule has 0 saturated carbocycles. The van der Waals surface area contributed by atoms with E-state index in [0.717, 1.165) is 39.7 Å². The molecule has 0 unspecified atom stereocenters. The lowest BCUT2D eigenvalue weighted by atomic mass is 10.2. The van der Waals surface area contributed by atoms with E-state index in [2.05, 4.69) is 32.5 Å². The maximum atomic E-state index is 5.85. The number of hydrazone groups is 1. The third-order valence-electron chi connectivity index (χ3n) is 3.63. The Morgan fingerprint density at radius 3 is 2.44 bits per heavy atom. The van der Waals surface area contributed by atoms with Crippen LogP contribution in [0.5, 0.6) is 0 Å². The highest BCUT2D eigenvalue weighted by Gasteiger charge is 2.05. The molecule has 0 spiro atoms. The Hall–Kier alpha value is -1.82. The SMILES string of the molecule is ClCCN(CCCl)c1ccc(/C=N/Nc2nc3ccccc3s2)cc1. The summed E-state index contributed by atoms with van der Waals surface area (Å²) in [6.45, 7) is 1.56. The summed E-state index contributed by atoms with van der Waals surface area (Å²) in [5.74, 6) is 1.15. The molecule has 0 radical (unpaired) electrons. The second-order valence-corrected chi connectivity index (χ2v) is 7.10. The van der Waals surface area contributed by atoms with Gasteiger partial charge in [0.1, 0.15) is 0 Å². The molecule has 1 aromatic heterocycles. The van der Waals surface area contributed by atoms with Crippen LogP contribution in [-0.4, -0.2) is 36.0 Å². The summed E-state index contributed by atoms with van der Waals surface area (Å²) in [4.78, 5) is 6.65. The van der Waals surface area contributed by atoms with E-state index in [0.29, 0.717) is 11.8 Å². The minimum Gasteiger partial charge on any atom is -0.369 e. The fourth-order valence-electron chi connectivity index (χ4n) is 2.43. The first kappa shape index (κ1) is 18.0. The van der Waals surface area contributed by atoms with Crippen LogP contribution >= 0.6 is 34.5 Å². The molecular formula is C18H18Cl2N4S. The minimum atomic E-state index is 0.576. The molecule has 0 bridgehead atoms. The first-order chi connectivity index (χ1) is 12.3. The van der Waals surface area contributed by atoms with Crippen molar-refractivity contribution >= 4 is 61.8 Å². The molecule has 4 nitrogen and oxygen atoms in total. The van der Waals surface area contributed by atoms with E-state index in [1.54, 1.807) is 17.6 Å². The number of halogens is 2. The van der Waals surface area contributed by atoms with Crippen molar-refractivity contribution in [3.05, 3.63) is 54.1 Å². The van der Waals surface area contributed by atoms with Crippen molar-refractivity contribution in [2.45, 2.75) is 0 Å². The zero-order valence-electron chi connectivity index (χ0n) is 13.5. The predicted octanol–water partition coefficient (Wildman–Crippen LogP) is 5.03. The van der Waals surface area contributed by atoms with Crippen LogP contribution in [0.3, 0.4) is 0 Å². The number of rotatable bonds is 8. The van der Waals surface area contributed by atoms with Gasteiger partial charge in [0.25, 0.3) is 0 Å². The molecule has 130 valence electrons. The van der Waals surface area contributed by atoms with Crippen molar-refractivity contribution in [1.82, 2.24) is 4.98 Å². The first-order valence-electron chi connectivity index (χ1n) is 7.92. The number of anilines is 2. The van der Waals surface area contributed by atoms with Gasteiger partial charge in [0.15, 0.2) is 0 Å². The Morgan fingerprint density at radius 2 is 1.76 bits per heavy atom. The number of aromatic nitrogens is 1. The molecule has 0 aliphatic heterocycles. The molecular weight excluding hydrogens is 375 g/mol. The summed E-state index contributed by atoms with van der Waals surface area (Å²) in [5.41, 5.74) is 6.09. The monoisotopic (exact) mass is 392 g/mol. The minimum absolute atomic E-state index is 0.576. The van der Waals surface area contributed by atoms with Crippen molar-refractivity contribution in [2.75, 3.05) is 35.2 Å². The fourth-order valence-corrected chi connectivity index (χ4v) is 3.65. The lowest BCUT2D eigenvalue weighted by Crippen LogP contribution is -2.27. The van der Waals surface area contributed by atoms with Crippen LogP contribution in [0, 0.1) is 0 Å². The highest BCUT2D eigenvalue weighted by Crippen LogP contribution is 2.25. The Bertz CT molecular complexity index is 793. The van der Waals surface area contributed by atoms with Gasteiger partial charge in [-0.2, -0.15) is 5.10 Å². The van der Waals surface area contributed by atoms with E-state index in [9.17, 15) is 0 Å². The van der Waals surface area contributed by atoms with Gasteiger partial charge in [-0.15, -0.1) is 23.2 Å². The summed E-state index contributed by atoms with van der Waals surface area (Å²) >= 11 is 13.3. The number of hydrogen-bond donors (Lipinski definition) is 1. The van der Waals surface area contributed by atoms with Crippen LogP contribution in [0.4, 0.5) is 10.8 Å². The van der Waals surface area contributed by atoms with E-state index < -0.39 is 0 Å². The number of nitrogens with zero attached hydrogens (tertiary/aromatic N) is 3. The smallest absolute Gasteiger partial charge is 0.204 e. The molecule has 0 amide bonds. The Kier molecular flexibility index (Phi) is 6.50. The topological polar surface area (TPSA) is 40.5 Å². The van der Waals surface area contributed by atoms with Crippen molar-refractivity contribution in [3.63, 3.8) is 0 Å². The van der Waals surface area contributed by atoms with Crippen LogP contribution in [0.2, 0.25) is 0 Å². The quantitative estimate of drug-likeness (QED) is 0.332. The Labute approximate surface area is 161 Å². The maximum absolute atomic E-state index is 5.85. The second kappa shape index (κ2) is 9.04. The largest absolute Gasteiger partial charge is 0.369 e. The van der Waals surface area contributed by atoms with Crippen molar-refractivity contribution < 1.29 is 0 Å². The Balaban J connectivity index is 1.63. The lowest BCUT2D eigenvalue weighted by Gasteiger charge is -2.22. The van der Waals surface area contributed by atoms with Crippen LogP contribution in [0.15, 0.2) is 53.6 Å². The number of fused-ring (bicyclic) bond motifs is 1. The van der Waals surface area contributed by atoms with Crippen molar-refractivity contribution in [3.8, 4) is 0 Å². The molecule has 0 saturated heterocycles. The van der Waals surface area contributed by atoms with Gasteiger partial charge in [-0.3, -0.25) is 5.43 Å². The van der Waals surface area contributed by atoms with Gasteiger partial charge in [-0.25, -0.2) is 4.98 Å². The number of nitrogens with one attached hydrogen (secondary N) is 1.